The van der Waals surface area contributed by atoms with E-state index in [1.807, 2.05) is 30.1 Å². The molecule has 1 saturated heterocycles. The average molecular weight is 409 g/mol. The van der Waals surface area contributed by atoms with Gasteiger partial charge in [-0.05, 0) is 29.9 Å². The second-order valence-electron chi connectivity index (χ2n) is 8.31. The smallest absolute Gasteiger partial charge is 0.224 e. The number of rotatable bonds is 5. The molecule has 3 aromatic rings. The number of thiophene rings is 1. The number of amides is 1. The predicted molar refractivity (Wildman–Crippen MR) is 120 cm³/mol. The van der Waals surface area contributed by atoms with Crippen LogP contribution in [-0.4, -0.2) is 47.5 Å². The number of carbonyl (C=O) groups excluding carboxylic acids is 1. The monoisotopic (exact) mass is 408 g/mol. The molecule has 2 unspecified atom stereocenters. The summed E-state index contributed by atoms with van der Waals surface area (Å²) < 4.78 is 0. The zero-order valence-corrected chi connectivity index (χ0v) is 18.2. The summed E-state index contributed by atoms with van der Waals surface area (Å²) >= 11 is 1.68. The maximum atomic E-state index is 12.7. The third-order valence-corrected chi connectivity index (χ3v) is 6.70. The Morgan fingerprint density at radius 1 is 1.17 bits per heavy atom. The van der Waals surface area contributed by atoms with E-state index in [0.29, 0.717) is 24.8 Å². The van der Waals surface area contributed by atoms with E-state index in [1.165, 1.54) is 16.9 Å². The summed E-state index contributed by atoms with van der Waals surface area (Å²) in [5.74, 6) is 2.31. The molecule has 2 aromatic heterocycles. The first-order valence-electron chi connectivity index (χ1n) is 10.3. The Balaban J connectivity index is 1.48. The second kappa shape index (κ2) is 8.49. The molecule has 4 rings (SSSR count). The van der Waals surface area contributed by atoms with E-state index in [0.717, 1.165) is 29.1 Å². The van der Waals surface area contributed by atoms with Gasteiger partial charge in [-0.15, -0.1) is 11.3 Å². The zero-order chi connectivity index (χ0) is 20.4. The molecule has 6 heteroatoms. The molecule has 5 nitrogen and oxygen atoms in total. The van der Waals surface area contributed by atoms with Crippen LogP contribution in [0.1, 0.15) is 26.7 Å². The molecule has 3 heterocycles. The van der Waals surface area contributed by atoms with Gasteiger partial charge in [-0.3, -0.25) is 4.79 Å². The quantitative estimate of drug-likeness (QED) is 0.615. The minimum atomic E-state index is 0.246. The molecule has 1 aliphatic heterocycles. The Kier molecular flexibility index (Phi) is 5.81. The van der Waals surface area contributed by atoms with Gasteiger partial charge in [0.25, 0.3) is 0 Å². The van der Waals surface area contributed by atoms with Crippen molar-refractivity contribution in [3.63, 3.8) is 0 Å². The molecule has 29 heavy (non-hydrogen) atoms. The maximum Gasteiger partial charge on any atom is 0.224 e. The summed E-state index contributed by atoms with van der Waals surface area (Å²) in [6.07, 6.45) is 3.34. The van der Waals surface area contributed by atoms with Gasteiger partial charge in [-0.25, -0.2) is 9.97 Å². The van der Waals surface area contributed by atoms with Gasteiger partial charge in [0.2, 0.25) is 5.91 Å². The van der Waals surface area contributed by atoms with Crippen LogP contribution < -0.4 is 4.90 Å². The Morgan fingerprint density at radius 3 is 2.62 bits per heavy atom. The fraction of sp³-hybridized carbons (Fsp3) is 0.435. The Bertz CT molecular complexity index is 977. The lowest BCUT2D eigenvalue weighted by Gasteiger charge is -2.35. The molecular weight excluding hydrogens is 380 g/mol. The van der Waals surface area contributed by atoms with Crippen molar-refractivity contribution in [1.29, 1.82) is 0 Å². The van der Waals surface area contributed by atoms with Crippen molar-refractivity contribution in [2.75, 3.05) is 31.6 Å². The highest BCUT2D eigenvalue weighted by Crippen LogP contribution is 2.35. The number of aromatic nitrogens is 2. The first kappa shape index (κ1) is 19.8. The number of carbonyl (C=O) groups is 1. The lowest BCUT2D eigenvalue weighted by molar-refractivity contribution is -0.133. The highest BCUT2D eigenvalue weighted by atomic mass is 32.1. The molecule has 152 valence electrons. The van der Waals surface area contributed by atoms with Crippen LogP contribution >= 0.6 is 11.3 Å². The van der Waals surface area contributed by atoms with Crippen LogP contribution in [0.3, 0.4) is 0 Å². The Morgan fingerprint density at radius 2 is 1.90 bits per heavy atom. The van der Waals surface area contributed by atoms with Crippen molar-refractivity contribution < 1.29 is 4.79 Å². The van der Waals surface area contributed by atoms with Crippen LogP contribution in [0.2, 0.25) is 0 Å². The molecule has 0 N–H and O–H groups in total. The first-order valence-corrected chi connectivity index (χ1v) is 11.1. The van der Waals surface area contributed by atoms with Gasteiger partial charge < -0.3 is 9.80 Å². The van der Waals surface area contributed by atoms with Crippen LogP contribution in [0.25, 0.3) is 20.7 Å². The van der Waals surface area contributed by atoms with Crippen molar-refractivity contribution in [3.05, 3.63) is 42.7 Å². The number of hydrogen-bond donors (Lipinski definition) is 0. The Hall–Kier alpha value is -2.47. The highest BCUT2D eigenvalue weighted by Gasteiger charge is 2.25. The summed E-state index contributed by atoms with van der Waals surface area (Å²) in [6, 6.07) is 12.5. The van der Waals surface area contributed by atoms with Crippen LogP contribution in [0.15, 0.2) is 42.7 Å². The van der Waals surface area contributed by atoms with Crippen molar-refractivity contribution in [2.45, 2.75) is 26.7 Å². The summed E-state index contributed by atoms with van der Waals surface area (Å²) in [6.45, 7) is 6.90. The van der Waals surface area contributed by atoms with E-state index < -0.39 is 0 Å². The fourth-order valence-electron chi connectivity index (χ4n) is 4.29. The molecule has 1 fully saturated rings. The number of likely N-dealkylation sites (tertiary alicyclic amines) is 1. The number of fused-ring (bicyclic) bond motifs is 1. The average Bonchev–Trinajstić information content (AvgIpc) is 3.16. The zero-order valence-electron chi connectivity index (χ0n) is 17.3. The summed E-state index contributed by atoms with van der Waals surface area (Å²) in [5, 5.41) is 1.05. The van der Waals surface area contributed by atoms with Gasteiger partial charge in [0, 0.05) is 38.0 Å². The Labute approximate surface area is 176 Å². The maximum absolute atomic E-state index is 12.7. The lowest BCUT2D eigenvalue weighted by Crippen LogP contribution is -2.43. The van der Waals surface area contributed by atoms with Gasteiger partial charge in [0.1, 0.15) is 17.0 Å². The van der Waals surface area contributed by atoms with Crippen molar-refractivity contribution in [1.82, 2.24) is 14.9 Å². The summed E-state index contributed by atoms with van der Waals surface area (Å²) in [4.78, 5) is 28.0. The highest BCUT2D eigenvalue weighted by molar-refractivity contribution is 7.21. The molecular formula is C23H28N4OS. The molecule has 0 spiro atoms. The standard InChI is InChI=1S/C23H28N4OS/c1-16-11-17(2)14-27(13-16)21(28)9-10-26(3)22-19-12-20(18-7-5-4-6-8-18)29-23(19)25-15-24-22/h4-8,12,15-17H,9-11,13-14H2,1-3H3. The molecule has 0 radical (unpaired) electrons. The van der Waals surface area contributed by atoms with Crippen molar-refractivity contribution in [3.8, 4) is 10.4 Å². The number of piperidine rings is 1. The third kappa shape index (κ3) is 4.42. The van der Waals surface area contributed by atoms with E-state index in [-0.39, 0.29) is 5.91 Å². The van der Waals surface area contributed by atoms with Crippen LogP contribution in [0, 0.1) is 11.8 Å². The number of hydrogen-bond acceptors (Lipinski definition) is 5. The molecule has 0 aliphatic carbocycles. The largest absolute Gasteiger partial charge is 0.359 e. The molecule has 2 atom stereocenters. The molecule has 1 aromatic carbocycles. The van der Waals surface area contributed by atoms with E-state index in [4.69, 9.17) is 0 Å². The van der Waals surface area contributed by atoms with E-state index in [2.05, 4.69) is 46.9 Å². The second-order valence-corrected chi connectivity index (χ2v) is 9.34. The number of benzene rings is 1. The van der Waals surface area contributed by atoms with Gasteiger partial charge in [0.05, 0.1) is 5.39 Å². The first-order chi connectivity index (χ1) is 14.0. The number of nitrogens with zero attached hydrogens (tertiary/aromatic N) is 4. The third-order valence-electron chi connectivity index (χ3n) is 5.61. The van der Waals surface area contributed by atoms with E-state index in [1.54, 1.807) is 17.7 Å². The van der Waals surface area contributed by atoms with Gasteiger partial charge >= 0.3 is 0 Å². The van der Waals surface area contributed by atoms with Gasteiger partial charge in [-0.2, -0.15) is 0 Å². The lowest BCUT2D eigenvalue weighted by atomic mass is 9.92. The molecule has 0 bridgehead atoms. The topological polar surface area (TPSA) is 49.3 Å². The minimum absolute atomic E-state index is 0.246. The van der Waals surface area contributed by atoms with Crippen molar-refractivity contribution in [2.24, 2.45) is 11.8 Å². The van der Waals surface area contributed by atoms with Crippen molar-refractivity contribution >= 4 is 33.3 Å². The summed E-state index contributed by atoms with van der Waals surface area (Å²) in [7, 11) is 2.01. The molecule has 0 saturated carbocycles. The number of anilines is 1. The molecule has 1 amide bonds. The van der Waals surface area contributed by atoms with Crippen LogP contribution in [0.4, 0.5) is 5.82 Å². The minimum Gasteiger partial charge on any atom is -0.359 e. The van der Waals surface area contributed by atoms with Gasteiger partial charge in [0.15, 0.2) is 0 Å². The molecule has 1 aliphatic rings. The SMILES string of the molecule is CC1CC(C)CN(C(=O)CCN(C)c2ncnc3sc(-c4ccccc4)cc23)C1. The predicted octanol–water partition coefficient (Wildman–Crippen LogP) is 4.69. The summed E-state index contributed by atoms with van der Waals surface area (Å²) in [5.41, 5.74) is 1.19. The fourth-order valence-corrected chi connectivity index (χ4v) is 5.28. The van der Waals surface area contributed by atoms with Gasteiger partial charge in [-0.1, -0.05) is 44.2 Å². The normalized spacial score (nSPS) is 19.5. The van der Waals surface area contributed by atoms with E-state index in [9.17, 15) is 4.79 Å². The van der Waals surface area contributed by atoms with Crippen LogP contribution in [0.5, 0.6) is 0 Å². The van der Waals surface area contributed by atoms with Crippen LogP contribution in [-0.2, 0) is 4.79 Å². The van der Waals surface area contributed by atoms with E-state index >= 15 is 0 Å².